The quantitative estimate of drug-likeness (QED) is 0.409. The summed E-state index contributed by atoms with van der Waals surface area (Å²) in [5.74, 6) is -0.209. The molecule has 1 amide bonds. The third-order valence-electron chi connectivity index (χ3n) is 5.32. The highest BCUT2D eigenvalue weighted by molar-refractivity contribution is 7.87. The van der Waals surface area contributed by atoms with E-state index in [1.165, 1.54) is 55.6 Å². The lowest BCUT2D eigenvalue weighted by Gasteiger charge is -2.29. The van der Waals surface area contributed by atoms with E-state index in [1.54, 1.807) is 29.2 Å². The van der Waals surface area contributed by atoms with Gasteiger partial charge in [0.15, 0.2) is 0 Å². The van der Waals surface area contributed by atoms with Crippen LogP contribution in [0.25, 0.3) is 0 Å². The zero-order valence-electron chi connectivity index (χ0n) is 18.7. The molecule has 8 heteroatoms. The summed E-state index contributed by atoms with van der Waals surface area (Å²) in [7, 11) is -2.62. The lowest BCUT2D eigenvalue weighted by Crippen LogP contribution is -2.38. The van der Waals surface area contributed by atoms with Crippen LogP contribution in [0.3, 0.4) is 0 Å². The molecule has 3 aromatic rings. The van der Waals surface area contributed by atoms with E-state index in [2.05, 4.69) is 0 Å². The Morgan fingerprint density at radius 2 is 1.73 bits per heavy atom. The number of carbonyl (C=O) groups excluding carboxylic acids is 1. The normalized spacial score (nSPS) is 12.1. The molecule has 0 fully saturated rings. The van der Waals surface area contributed by atoms with Gasteiger partial charge in [0.05, 0.1) is 7.11 Å². The number of para-hydroxylation sites is 1. The van der Waals surface area contributed by atoms with E-state index in [4.69, 9.17) is 8.92 Å². The summed E-state index contributed by atoms with van der Waals surface area (Å²) in [4.78, 5) is 14.7. The number of nitrogens with zero attached hydrogens (tertiary/aromatic N) is 1. The molecule has 0 heterocycles. The Labute approximate surface area is 193 Å². The first-order valence-electron chi connectivity index (χ1n) is 10.5. The molecule has 0 aromatic heterocycles. The van der Waals surface area contributed by atoms with E-state index in [0.717, 1.165) is 0 Å². The van der Waals surface area contributed by atoms with Crippen LogP contribution in [0.2, 0.25) is 0 Å². The minimum atomic E-state index is -4.11. The van der Waals surface area contributed by atoms with Crippen LogP contribution < -0.4 is 8.92 Å². The van der Waals surface area contributed by atoms with Crippen molar-refractivity contribution in [1.82, 2.24) is 4.90 Å². The van der Waals surface area contributed by atoms with E-state index < -0.39 is 15.9 Å². The molecule has 33 heavy (non-hydrogen) atoms. The Balaban J connectivity index is 1.90. The van der Waals surface area contributed by atoms with Gasteiger partial charge in [-0.25, -0.2) is 4.39 Å². The molecular formula is C25H26FNO5S. The first-order chi connectivity index (χ1) is 15.7. The highest BCUT2D eigenvalue weighted by Gasteiger charge is 2.24. The van der Waals surface area contributed by atoms with Crippen molar-refractivity contribution in [2.24, 2.45) is 0 Å². The Morgan fingerprint density at radius 1 is 1.03 bits per heavy atom. The highest BCUT2D eigenvalue weighted by Crippen LogP contribution is 2.27. The van der Waals surface area contributed by atoms with E-state index in [1.807, 2.05) is 13.8 Å². The smallest absolute Gasteiger partial charge is 0.339 e. The van der Waals surface area contributed by atoms with Crippen LogP contribution in [-0.4, -0.2) is 32.4 Å². The van der Waals surface area contributed by atoms with Crippen molar-refractivity contribution in [3.63, 3.8) is 0 Å². The second-order valence-electron chi connectivity index (χ2n) is 7.52. The van der Waals surface area contributed by atoms with E-state index in [9.17, 15) is 17.6 Å². The molecule has 3 aromatic carbocycles. The maximum absolute atomic E-state index is 13.7. The fraction of sp³-hybridized carbons (Fsp3) is 0.240. The third-order valence-corrected chi connectivity index (χ3v) is 6.56. The molecule has 0 aliphatic carbocycles. The number of carbonyl (C=O) groups is 1. The molecule has 0 saturated carbocycles. The molecule has 0 aliphatic heterocycles. The molecule has 0 spiro atoms. The van der Waals surface area contributed by atoms with Crippen molar-refractivity contribution in [2.75, 3.05) is 7.11 Å². The maximum Gasteiger partial charge on any atom is 0.339 e. The van der Waals surface area contributed by atoms with E-state index >= 15 is 0 Å². The number of ether oxygens (including phenoxy) is 1. The summed E-state index contributed by atoms with van der Waals surface area (Å²) < 4.78 is 49.9. The van der Waals surface area contributed by atoms with Crippen molar-refractivity contribution in [1.29, 1.82) is 0 Å². The monoisotopic (exact) mass is 471 g/mol. The fourth-order valence-corrected chi connectivity index (χ4v) is 4.21. The number of amides is 1. The Kier molecular flexibility index (Phi) is 7.71. The average Bonchev–Trinajstić information content (AvgIpc) is 2.82. The summed E-state index contributed by atoms with van der Waals surface area (Å²) in [6.07, 6.45) is 0.661. The van der Waals surface area contributed by atoms with Crippen LogP contribution in [-0.2, 0) is 16.7 Å². The molecule has 0 N–H and O–H groups in total. The van der Waals surface area contributed by atoms with Crippen LogP contribution in [0.4, 0.5) is 4.39 Å². The van der Waals surface area contributed by atoms with Crippen molar-refractivity contribution < 1.29 is 26.5 Å². The van der Waals surface area contributed by atoms with Crippen molar-refractivity contribution in [2.45, 2.75) is 37.8 Å². The molecule has 1 atom stereocenters. The largest absolute Gasteiger partial charge is 0.497 e. The fourth-order valence-electron chi connectivity index (χ4n) is 3.24. The molecule has 0 unspecified atom stereocenters. The number of benzene rings is 3. The summed E-state index contributed by atoms with van der Waals surface area (Å²) in [6.45, 7) is 3.92. The average molecular weight is 472 g/mol. The van der Waals surface area contributed by atoms with Gasteiger partial charge in [-0.3, -0.25) is 4.79 Å². The van der Waals surface area contributed by atoms with Gasteiger partial charge < -0.3 is 13.8 Å². The summed E-state index contributed by atoms with van der Waals surface area (Å²) in [6, 6.07) is 17.8. The number of rotatable bonds is 9. The van der Waals surface area contributed by atoms with Gasteiger partial charge in [0.2, 0.25) is 0 Å². The molecule has 0 aliphatic rings. The van der Waals surface area contributed by atoms with Gasteiger partial charge in [-0.05, 0) is 61.9 Å². The van der Waals surface area contributed by atoms with Crippen LogP contribution >= 0.6 is 0 Å². The van der Waals surface area contributed by atoms with Gasteiger partial charge in [0, 0.05) is 23.7 Å². The summed E-state index contributed by atoms with van der Waals surface area (Å²) >= 11 is 0. The Morgan fingerprint density at radius 3 is 2.36 bits per heavy atom. The van der Waals surface area contributed by atoms with Gasteiger partial charge in [0.25, 0.3) is 5.91 Å². The van der Waals surface area contributed by atoms with Gasteiger partial charge in [0.1, 0.15) is 22.2 Å². The van der Waals surface area contributed by atoms with Gasteiger partial charge in [-0.1, -0.05) is 31.2 Å². The molecule has 0 radical (unpaired) electrons. The SMILES string of the molecule is CC[C@@H](C)N(Cc1ccccc1OS(=O)(=O)c1ccc(OC)cc1)C(=O)c1cccc(F)c1. The van der Waals surface area contributed by atoms with Gasteiger partial charge >= 0.3 is 10.1 Å². The Bertz CT molecular complexity index is 1210. The molecule has 6 nitrogen and oxygen atoms in total. The minimum absolute atomic E-state index is 0.0206. The summed E-state index contributed by atoms with van der Waals surface area (Å²) in [5, 5.41) is 0. The second kappa shape index (κ2) is 10.5. The molecule has 174 valence electrons. The van der Waals surface area contributed by atoms with Gasteiger partial charge in [-0.2, -0.15) is 8.42 Å². The first kappa shape index (κ1) is 24.3. The topological polar surface area (TPSA) is 72.9 Å². The van der Waals surface area contributed by atoms with Crippen LogP contribution in [0.5, 0.6) is 11.5 Å². The lowest BCUT2D eigenvalue weighted by atomic mass is 10.1. The van der Waals surface area contributed by atoms with Crippen molar-refractivity contribution in [3.8, 4) is 11.5 Å². The third kappa shape index (κ3) is 5.90. The van der Waals surface area contributed by atoms with Gasteiger partial charge in [-0.15, -0.1) is 0 Å². The molecule has 0 bridgehead atoms. The van der Waals surface area contributed by atoms with Crippen LogP contribution in [0.15, 0.2) is 77.7 Å². The van der Waals surface area contributed by atoms with Crippen LogP contribution in [0.1, 0.15) is 36.2 Å². The lowest BCUT2D eigenvalue weighted by molar-refractivity contribution is 0.0670. The zero-order valence-corrected chi connectivity index (χ0v) is 19.5. The van der Waals surface area contributed by atoms with E-state index in [0.29, 0.717) is 17.7 Å². The standard InChI is InChI=1S/C25H26FNO5S/c1-4-18(2)27(25(28)19-9-7-10-21(26)16-19)17-20-8-5-6-11-24(20)32-33(29,30)23-14-12-22(31-3)13-15-23/h5-16,18H,4,17H2,1-3H3/t18-/m1/s1. The number of hydrogen-bond acceptors (Lipinski definition) is 5. The van der Waals surface area contributed by atoms with Crippen LogP contribution in [0, 0.1) is 5.82 Å². The second-order valence-corrected chi connectivity index (χ2v) is 9.07. The molecule has 0 saturated heterocycles. The highest BCUT2D eigenvalue weighted by atomic mass is 32.2. The predicted molar refractivity (Wildman–Crippen MR) is 123 cm³/mol. The summed E-state index contributed by atoms with van der Waals surface area (Å²) in [5.41, 5.74) is 0.735. The molecule has 3 rings (SSSR count). The number of hydrogen-bond donors (Lipinski definition) is 0. The number of methoxy groups -OCH3 is 1. The maximum atomic E-state index is 13.7. The Hall–Kier alpha value is -3.39. The predicted octanol–water partition coefficient (Wildman–Crippen LogP) is 5.04. The van der Waals surface area contributed by atoms with Crippen molar-refractivity contribution >= 4 is 16.0 Å². The van der Waals surface area contributed by atoms with E-state index in [-0.39, 0.29) is 34.7 Å². The molecular weight excluding hydrogens is 445 g/mol. The minimum Gasteiger partial charge on any atom is -0.497 e. The number of halogens is 1. The first-order valence-corrected chi connectivity index (χ1v) is 11.9. The zero-order chi connectivity index (χ0) is 24.0. The van der Waals surface area contributed by atoms with Crippen molar-refractivity contribution in [3.05, 3.63) is 89.7 Å².